The van der Waals surface area contributed by atoms with E-state index in [-0.39, 0.29) is 11.3 Å². The molecule has 2 aromatic carbocycles. The van der Waals surface area contributed by atoms with Crippen LogP contribution in [0, 0.1) is 5.82 Å². The van der Waals surface area contributed by atoms with Gasteiger partial charge in [0.2, 0.25) is 0 Å². The van der Waals surface area contributed by atoms with Gasteiger partial charge in [-0.15, -0.1) is 0 Å². The van der Waals surface area contributed by atoms with Crippen LogP contribution in [0.1, 0.15) is 5.56 Å². The zero-order valence-electron chi connectivity index (χ0n) is 16.8. The summed E-state index contributed by atoms with van der Waals surface area (Å²) in [5.41, 5.74) is 1.36. The van der Waals surface area contributed by atoms with Gasteiger partial charge in [-0.2, -0.15) is 0 Å². The number of imide groups is 2. The topological polar surface area (TPSA) is 88.2 Å². The maximum absolute atomic E-state index is 13.2. The normalized spacial score (nSPS) is 18.4. The minimum atomic E-state index is -0.895. The lowest BCUT2D eigenvalue weighted by molar-refractivity contribution is -0.122. The molecule has 2 aliphatic heterocycles. The van der Waals surface area contributed by atoms with Crippen molar-refractivity contribution in [1.29, 1.82) is 0 Å². The van der Waals surface area contributed by atoms with Crippen LogP contribution in [0.25, 0.3) is 6.08 Å². The number of ether oxygens (including phenoxy) is 2. The first-order valence-corrected chi connectivity index (χ1v) is 9.65. The molecule has 8 nitrogen and oxygen atoms in total. The minimum Gasteiger partial charge on any atom is -0.496 e. The van der Waals surface area contributed by atoms with Gasteiger partial charge in [0.1, 0.15) is 17.1 Å². The number of amides is 4. The van der Waals surface area contributed by atoms with Crippen LogP contribution >= 0.6 is 0 Å². The van der Waals surface area contributed by atoms with E-state index in [1.54, 1.807) is 6.07 Å². The van der Waals surface area contributed by atoms with Crippen LogP contribution < -0.4 is 19.9 Å². The van der Waals surface area contributed by atoms with Gasteiger partial charge < -0.3 is 14.4 Å². The van der Waals surface area contributed by atoms with E-state index >= 15 is 0 Å². The average molecular weight is 425 g/mol. The molecule has 4 rings (SSSR count). The molecule has 2 heterocycles. The molecular formula is C22H20FN3O5. The standard InChI is InChI=1S/C22H20FN3O5/c1-30-19-13-17(25-8-10-31-11-9-25)5-2-14(19)12-18-20(27)24-22(29)26(21(18)28)16-6-3-15(23)4-7-16/h2-7,12-13H,8-11H2,1H3,(H,24,27,29)/b18-12-. The third-order valence-electron chi connectivity index (χ3n) is 5.08. The van der Waals surface area contributed by atoms with Gasteiger partial charge in [0, 0.05) is 30.4 Å². The molecule has 0 radical (unpaired) electrons. The maximum Gasteiger partial charge on any atom is 0.335 e. The number of halogens is 1. The van der Waals surface area contributed by atoms with E-state index in [4.69, 9.17) is 9.47 Å². The highest BCUT2D eigenvalue weighted by molar-refractivity contribution is 6.39. The summed E-state index contributed by atoms with van der Waals surface area (Å²) in [4.78, 5) is 40.6. The highest BCUT2D eigenvalue weighted by Crippen LogP contribution is 2.29. The Morgan fingerprint density at radius 3 is 2.39 bits per heavy atom. The summed E-state index contributed by atoms with van der Waals surface area (Å²) in [6, 6.07) is 9.38. The zero-order valence-corrected chi connectivity index (χ0v) is 16.8. The Bertz CT molecular complexity index is 1060. The van der Waals surface area contributed by atoms with E-state index in [1.165, 1.54) is 25.3 Å². The molecule has 0 unspecified atom stereocenters. The zero-order chi connectivity index (χ0) is 22.0. The molecule has 160 valence electrons. The first-order valence-electron chi connectivity index (χ1n) is 9.65. The summed E-state index contributed by atoms with van der Waals surface area (Å²) in [6.07, 6.45) is 1.38. The number of nitrogens with zero attached hydrogens (tertiary/aromatic N) is 2. The number of barbiturate groups is 1. The molecule has 4 amide bonds. The van der Waals surface area contributed by atoms with Crippen molar-refractivity contribution in [2.24, 2.45) is 0 Å². The minimum absolute atomic E-state index is 0.150. The van der Waals surface area contributed by atoms with Gasteiger partial charge >= 0.3 is 6.03 Å². The van der Waals surface area contributed by atoms with Gasteiger partial charge in [-0.05, 0) is 42.5 Å². The molecule has 2 saturated heterocycles. The highest BCUT2D eigenvalue weighted by atomic mass is 19.1. The number of anilines is 2. The van der Waals surface area contributed by atoms with Gasteiger partial charge in [0.15, 0.2) is 0 Å². The summed E-state index contributed by atoms with van der Waals surface area (Å²) < 4.78 is 24.1. The number of benzene rings is 2. The highest BCUT2D eigenvalue weighted by Gasteiger charge is 2.37. The lowest BCUT2D eigenvalue weighted by Gasteiger charge is -2.29. The Morgan fingerprint density at radius 1 is 1.03 bits per heavy atom. The Hall–Kier alpha value is -3.72. The molecule has 0 bridgehead atoms. The van der Waals surface area contributed by atoms with E-state index < -0.39 is 23.7 Å². The maximum atomic E-state index is 13.2. The monoisotopic (exact) mass is 425 g/mol. The summed E-state index contributed by atoms with van der Waals surface area (Å²) in [5, 5.41) is 2.15. The fourth-order valence-electron chi connectivity index (χ4n) is 3.47. The van der Waals surface area contributed by atoms with E-state index in [1.807, 2.05) is 12.1 Å². The van der Waals surface area contributed by atoms with Crippen molar-refractivity contribution in [2.45, 2.75) is 0 Å². The van der Waals surface area contributed by atoms with Crippen molar-refractivity contribution >= 4 is 35.3 Å². The Labute approximate surface area is 177 Å². The van der Waals surface area contributed by atoms with E-state index in [0.717, 1.165) is 35.8 Å². The summed E-state index contributed by atoms with van der Waals surface area (Å²) >= 11 is 0. The summed E-state index contributed by atoms with van der Waals surface area (Å²) in [6.45, 7) is 2.77. The van der Waals surface area contributed by atoms with Crippen molar-refractivity contribution in [1.82, 2.24) is 5.32 Å². The van der Waals surface area contributed by atoms with Crippen LogP contribution in [-0.4, -0.2) is 51.3 Å². The van der Waals surface area contributed by atoms with Crippen molar-refractivity contribution in [3.8, 4) is 5.75 Å². The van der Waals surface area contributed by atoms with Crippen LogP contribution in [0.5, 0.6) is 5.75 Å². The predicted molar refractivity (Wildman–Crippen MR) is 111 cm³/mol. The Kier molecular flexibility index (Phi) is 5.68. The van der Waals surface area contributed by atoms with Gasteiger partial charge in [-0.1, -0.05) is 0 Å². The second-order valence-corrected chi connectivity index (χ2v) is 6.96. The molecule has 0 aliphatic carbocycles. The predicted octanol–water partition coefficient (Wildman–Crippen LogP) is 2.34. The molecule has 2 aromatic rings. The number of nitrogens with one attached hydrogen (secondary N) is 1. The van der Waals surface area contributed by atoms with Crippen molar-refractivity contribution in [3.05, 3.63) is 59.4 Å². The second kappa shape index (κ2) is 8.57. The molecule has 2 aliphatic rings. The first kappa shape index (κ1) is 20.5. The molecule has 31 heavy (non-hydrogen) atoms. The molecule has 0 atom stereocenters. The quantitative estimate of drug-likeness (QED) is 0.598. The SMILES string of the molecule is COc1cc(N2CCOCC2)ccc1/C=C1/C(=O)NC(=O)N(c2ccc(F)cc2)C1=O. The number of methoxy groups -OCH3 is 1. The number of carbonyl (C=O) groups excluding carboxylic acids is 3. The van der Waals surface area contributed by atoms with E-state index in [0.29, 0.717) is 24.5 Å². The van der Waals surface area contributed by atoms with Crippen molar-refractivity contribution in [3.63, 3.8) is 0 Å². The number of urea groups is 1. The van der Waals surface area contributed by atoms with Gasteiger partial charge in [0.25, 0.3) is 11.8 Å². The fraction of sp³-hybridized carbons (Fsp3) is 0.227. The largest absolute Gasteiger partial charge is 0.496 e. The molecule has 1 N–H and O–H groups in total. The number of morpholine rings is 1. The fourth-order valence-corrected chi connectivity index (χ4v) is 3.47. The van der Waals surface area contributed by atoms with Crippen LogP contribution in [0.3, 0.4) is 0 Å². The van der Waals surface area contributed by atoms with Gasteiger partial charge in [0.05, 0.1) is 26.0 Å². The lowest BCUT2D eigenvalue weighted by Crippen LogP contribution is -2.54. The van der Waals surface area contributed by atoms with Crippen LogP contribution in [0.2, 0.25) is 0 Å². The summed E-state index contributed by atoms with van der Waals surface area (Å²) in [5.74, 6) is -1.65. The molecule has 2 fully saturated rings. The van der Waals surface area contributed by atoms with Crippen molar-refractivity contribution < 1.29 is 28.2 Å². The van der Waals surface area contributed by atoms with Crippen LogP contribution in [-0.2, 0) is 14.3 Å². The molecule has 0 aromatic heterocycles. The molecule has 0 saturated carbocycles. The lowest BCUT2D eigenvalue weighted by atomic mass is 10.0. The summed E-state index contributed by atoms with van der Waals surface area (Å²) in [7, 11) is 1.50. The van der Waals surface area contributed by atoms with Gasteiger partial charge in [-0.25, -0.2) is 14.1 Å². The number of rotatable bonds is 4. The Morgan fingerprint density at radius 2 is 1.71 bits per heavy atom. The smallest absolute Gasteiger partial charge is 0.335 e. The number of hydrogen-bond donors (Lipinski definition) is 1. The molecule has 9 heteroatoms. The van der Waals surface area contributed by atoms with Crippen LogP contribution in [0.4, 0.5) is 20.6 Å². The van der Waals surface area contributed by atoms with E-state index in [9.17, 15) is 18.8 Å². The third kappa shape index (κ3) is 4.13. The third-order valence-corrected chi connectivity index (χ3v) is 5.08. The van der Waals surface area contributed by atoms with Crippen LogP contribution in [0.15, 0.2) is 48.0 Å². The van der Waals surface area contributed by atoms with E-state index in [2.05, 4.69) is 10.2 Å². The average Bonchev–Trinajstić information content (AvgIpc) is 2.78. The van der Waals surface area contributed by atoms with Crippen molar-refractivity contribution in [2.75, 3.05) is 43.2 Å². The first-order chi connectivity index (χ1) is 15.0. The molecule has 0 spiro atoms. The Balaban J connectivity index is 1.67. The second-order valence-electron chi connectivity index (χ2n) is 6.96. The molecular weight excluding hydrogens is 405 g/mol. The number of hydrogen-bond acceptors (Lipinski definition) is 6. The van der Waals surface area contributed by atoms with Gasteiger partial charge in [-0.3, -0.25) is 14.9 Å². The number of carbonyl (C=O) groups is 3.